The summed E-state index contributed by atoms with van der Waals surface area (Å²) in [6.45, 7) is 4.10. The highest BCUT2D eigenvalue weighted by atomic mass is 32.2. The normalized spacial score (nSPS) is 12.0. The number of sulfone groups is 1. The van der Waals surface area contributed by atoms with Gasteiger partial charge >= 0.3 is 6.09 Å². The molecule has 0 aromatic heterocycles. The van der Waals surface area contributed by atoms with E-state index in [2.05, 4.69) is 4.84 Å². The predicted molar refractivity (Wildman–Crippen MR) is 79.3 cm³/mol. The van der Waals surface area contributed by atoms with Crippen LogP contribution < -0.4 is 4.89 Å². The Morgan fingerprint density at radius 2 is 1.59 bits per heavy atom. The SMILES string of the molecule is CCN(CC)C(=O)ONS(=O)(=O)c1ccccc1S(C)(=O)=O. The van der Waals surface area contributed by atoms with Crippen LogP contribution in [0, 0.1) is 0 Å². The average Bonchev–Trinajstić information content (AvgIpc) is 2.45. The number of rotatable bonds is 6. The first-order chi connectivity index (χ1) is 10.1. The zero-order valence-electron chi connectivity index (χ0n) is 12.4. The van der Waals surface area contributed by atoms with Crippen molar-refractivity contribution in [3.8, 4) is 0 Å². The summed E-state index contributed by atoms with van der Waals surface area (Å²) in [4.78, 5) is 18.2. The number of hydrogen-bond acceptors (Lipinski definition) is 6. The van der Waals surface area contributed by atoms with Crippen molar-refractivity contribution < 1.29 is 26.5 Å². The van der Waals surface area contributed by atoms with Gasteiger partial charge in [0, 0.05) is 19.3 Å². The lowest BCUT2D eigenvalue weighted by Crippen LogP contribution is -2.37. The molecule has 1 aromatic rings. The van der Waals surface area contributed by atoms with Crippen LogP contribution in [0.2, 0.25) is 0 Å². The first-order valence-electron chi connectivity index (χ1n) is 6.40. The van der Waals surface area contributed by atoms with Crippen LogP contribution in [0.25, 0.3) is 0 Å². The van der Waals surface area contributed by atoms with Crippen LogP contribution in [-0.2, 0) is 24.7 Å². The van der Waals surface area contributed by atoms with Gasteiger partial charge in [-0.15, -0.1) is 0 Å². The van der Waals surface area contributed by atoms with Gasteiger partial charge in [0.1, 0.15) is 4.90 Å². The fraction of sp³-hybridized carbons (Fsp3) is 0.417. The number of carbonyl (C=O) groups excluding carboxylic acids is 1. The fourth-order valence-electron chi connectivity index (χ4n) is 1.66. The van der Waals surface area contributed by atoms with E-state index in [1.165, 1.54) is 17.0 Å². The molecule has 0 unspecified atom stereocenters. The summed E-state index contributed by atoms with van der Waals surface area (Å²) in [5.74, 6) is 0. The topological polar surface area (TPSA) is 110 Å². The van der Waals surface area contributed by atoms with Gasteiger partial charge in [0.2, 0.25) is 0 Å². The van der Waals surface area contributed by atoms with Crippen molar-refractivity contribution in [2.24, 2.45) is 0 Å². The molecule has 0 saturated heterocycles. The summed E-state index contributed by atoms with van der Waals surface area (Å²) < 4.78 is 47.5. The standard InChI is InChI=1S/C12H18N2O6S2/c1-4-14(5-2)12(15)20-13-22(18,19)11-9-7-6-8-10(11)21(3,16)17/h6-9,13H,4-5H2,1-3H3. The van der Waals surface area contributed by atoms with Gasteiger partial charge in [0.25, 0.3) is 10.0 Å². The van der Waals surface area contributed by atoms with E-state index in [9.17, 15) is 21.6 Å². The van der Waals surface area contributed by atoms with Gasteiger partial charge in [-0.3, -0.25) is 0 Å². The minimum atomic E-state index is -4.32. The molecule has 0 atom stereocenters. The van der Waals surface area contributed by atoms with Gasteiger partial charge in [0.05, 0.1) is 4.90 Å². The van der Waals surface area contributed by atoms with Crippen molar-refractivity contribution in [3.63, 3.8) is 0 Å². The van der Waals surface area contributed by atoms with Crippen LogP contribution in [-0.4, -0.2) is 47.2 Å². The van der Waals surface area contributed by atoms with Gasteiger partial charge < -0.3 is 9.74 Å². The first kappa shape index (κ1) is 18.4. The lowest BCUT2D eigenvalue weighted by Gasteiger charge is -2.18. The Morgan fingerprint density at radius 1 is 1.09 bits per heavy atom. The summed E-state index contributed by atoms with van der Waals surface area (Å²) in [5, 5.41) is 0. The number of benzene rings is 1. The molecule has 10 heteroatoms. The third kappa shape index (κ3) is 4.42. The summed E-state index contributed by atoms with van der Waals surface area (Å²) in [6, 6.07) is 5.05. The zero-order valence-corrected chi connectivity index (χ0v) is 14.1. The Kier molecular flexibility index (Phi) is 5.92. The smallest absolute Gasteiger partial charge is 0.338 e. The molecule has 22 heavy (non-hydrogen) atoms. The van der Waals surface area contributed by atoms with Crippen LogP contribution in [0.15, 0.2) is 34.1 Å². The Balaban J connectivity index is 3.05. The molecule has 0 aliphatic rings. The first-order valence-corrected chi connectivity index (χ1v) is 9.77. The summed E-state index contributed by atoms with van der Waals surface area (Å²) in [7, 11) is -8.07. The highest BCUT2D eigenvalue weighted by Gasteiger charge is 2.25. The molecular formula is C12H18N2O6S2. The van der Waals surface area contributed by atoms with E-state index in [0.717, 1.165) is 18.4 Å². The van der Waals surface area contributed by atoms with Crippen LogP contribution >= 0.6 is 0 Å². The molecule has 124 valence electrons. The Labute approximate surface area is 130 Å². The molecule has 0 bridgehead atoms. The molecule has 8 nitrogen and oxygen atoms in total. The summed E-state index contributed by atoms with van der Waals surface area (Å²) in [5.41, 5.74) is 0. The van der Waals surface area contributed by atoms with Crippen molar-refractivity contribution >= 4 is 26.0 Å². The quantitative estimate of drug-likeness (QED) is 0.759. The number of sulfonamides is 1. The van der Waals surface area contributed by atoms with E-state index in [-0.39, 0.29) is 4.90 Å². The fourth-order valence-corrected chi connectivity index (χ4v) is 4.06. The van der Waals surface area contributed by atoms with Crippen molar-refractivity contribution in [1.29, 1.82) is 0 Å². The highest BCUT2D eigenvalue weighted by molar-refractivity contribution is 7.93. The van der Waals surface area contributed by atoms with E-state index in [1.54, 1.807) is 18.7 Å². The van der Waals surface area contributed by atoms with Crippen LogP contribution in [0.3, 0.4) is 0 Å². The van der Waals surface area contributed by atoms with Crippen molar-refractivity contribution in [3.05, 3.63) is 24.3 Å². The van der Waals surface area contributed by atoms with Gasteiger partial charge in [-0.1, -0.05) is 12.1 Å². The molecule has 1 N–H and O–H groups in total. The molecule has 0 fully saturated rings. The highest BCUT2D eigenvalue weighted by Crippen LogP contribution is 2.20. The molecule has 0 saturated carbocycles. The van der Waals surface area contributed by atoms with E-state index < -0.39 is 30.8 Å². The largest absolute Gasteiger partial charge is 0.429 e. The van der Waals surface area contributed by atoms with Crippen LogP contribution in [0.5, 0.6) is 0 Å². The lowest BCUT2D eigenvalue weighted by atomic mass is 10.4. The van der Waals surface area contributed by atoms with E-state index in [1.807, 2.05) is 0 Å². The maximum absolute atomic E-state index is 12.1. The molecule has 0 aliphatic heterocycles. The van der Waals surface area contributed by atoms with Crippen LogP contribution in [0.1, 0.15) is 13.8 Å². The summed E-state index contributed by atoms with van der Waals surface area (Å²) >= 11 is 0. The molecule has 0 radical (unpaired) electrons. The number of nitrogens with zero attached hydrogens (tertiary/aromatic N) is 1. The second kappa shape index (κ2) is 7.07. The Morgan fingerprint density at radius 3 is 2.05 bits per heavy atom. The van der Waals surface area contributed by atoms with E-state index in [0.29, 0.717) is 13.1 Å². The number of carbonyl (C=O) groups is 1. The second-order valence-electron chi connectivity index (χ2n) is 4.35. The number of amides is 1. The minimum Gasteiger partial charge on any atom is -0.338 e. The molecule has 1 aromatic carbocycles. The van der Waals surface area contributed by atoms with Gasteiger partial charge in [-0.25, -0.2) is 21.6 Å². The second-order valence-corrected chi connectivity index (χ2v) is 7.94. The lowest BCUT2D eigenvalue weighted by molar-refractivity contribution is 0.0868. The monoisotopic (exact) mass is 350 g/mol. The average molecular weight is 350 g/mol. The van der Waals surface area contributed by atoms with Crippen molar-refractivity contribution in [2.75, 3.05) is 19.3 Å². The predicted octanol–water partition coefficient (Wildman–Crippen LogP) is 0.762. The van der Waals surface area contributed by atoms with E-state index >= 15 is 0 Å². The molecule has 1 amide bonds. The van der Waals surface area contributed by atoms with Crippen molar-refractivity contribution in [1.82, 2.24) is 9.79 Å². The molecule has 0 heterocycles. The van der Waals surface area contributed by atoms with Gasteiger partial charge in [-0.2, -0.15) is 0 Å². The van der Waals surface area contributed by atoms with Gasteiger partial charge in [-0.05, 0) is 30.9 Å². The number of hydrogen-bond donors (Lipinski definition) is 1. The summed E-state index contributed by atoms with van der Waals surface area (Å²) in [6.07, 6.45) is 0.0221. The van der Waals surface area contributed by atoms with Crippen LogP contribution in [0.4, 0.5) is 4.79 Å². The molecule has 1 rings (SSSR count). The molecule has 0 aliphatic carbocycles. The molecular weight excluding hydrogens is 332 g/mol. The third-order valence-electron chi connectivity index (χ3n) is 2.80. The van der Waals surface area contributed by atoms with Crippen molar-refractivity contribution in [2.45, 2.75) is 23.6 Å². The third-order valence-corrected chi connectivity index (χ3v) is 5.32. The van der Waals surface area contributed by atoms with Gasteiger partial charge in [0.15, 0.2) is 9.84 Å². The van der Waals surface area contributed by atoms with E-state index in [4.69, 9.17) is 0 Å². The maximum atomic E-state index is 12.1. The molecule has 0 spiro atoms. The minimum absolute atomic E-state index is 0.344. The Bertz CT molecular complexity index is 739. The zero-order chi connectivity index (χ0) is 17.0. The Hall–Kier alpha value is -1.65. The maximum Gasteiger partial charge on any atom is 0.429 e. The number of nitrogens with one attached hydrogen (secondary N) is 1.